The first-order valence-electron chi connectivity index (χ1n) is 6.51. The zero-order chi connectivity index (χ0) is 13.3. The van der Waals surface area contributed by atoms with Gasteiger partial charge >= 0.3 is 0 Å². The second-order valence-electron chi connectivity index (χ2n) is 6.43. The van der Waals surface area contributed by atoms with Crippen molar-refractivity contribution in [2.45, 2.75) is 69.8 Å². The minimum absolute atomic E-state index is 0.340. The maximum absolute atomic E-state index is 11.4. The van der Waals surface area contributed by atoms with Crippen molar-refractivity contribution in [2.24, 2.45) is 0 Å². The first-order chi connectivity index (χ1) is 7.61. The highest BCUT2D eigenvalue weighted by atomic mass is 32.2. The Hall–Kier alpha value is 0.127. The molecule has 1 fully saturated rings. The van der Waals surface area contributed by atoms with E-state index < -0.39 is 18.2 Å². The average Bonchev–Trinajstić information content (AvgIpc) is 2.76. The molecular weight excluding hydrogens is 252 g/mol. The van der Waals surface area contributed by atoms with Crippen molar-refractivity contribution in [3.63, 3.8) is 0 Å². The topological polar surface area (TPSA) is 43.4 Å². The summed E-state index contributed by atoms with van der Waals surface area (Å²) in [4.78, 5) is 0. The molecule has 1 aliphatic carbocycles. The molecule has 0 saturated heterocycles. The molecule has 3 nitrogen and oxygen atoms in total. The van der Waals surface area contributed by atoms with Crippen molar-refractivity contribution in [2.75, 3.05) is 6.26 Å². The highest BCUT2D eigenvalue weighted by Crippen LogP contribution is 2.61. The Morgan fingerprint density at radius 2 is 1.88 bits per heavy atom. The molecule has 0 N–H and O–H groups in total. The van der Waals surface area contributed by atoms with Gasteiger partial charge in [-0.1, -0.05) is 45.8 Å². The molecule has 2 atom stereocenters. The molecule has 1 aliphatic rings. The summed E-state index contributed by atoms with van der Waals surface area (Å²) >= 11 is 0. The fraction of sp³-hybridized carbons (Fsp3) is 1.00. The summed E-state index contributed by atoms with van der Waals surface area (Å²) in [5.74, 6) is 0. The minimum Gasteiger partial charge on any atom is -0.264 e. The zero-order valence-electron chi connectivity index (χ0n) is 11.7. The van der Waals surface area contributed by atoms with E-state index >= 15 is 0 Å². The molecule has 0 aromatic carbocycles. The summed E-state index contributed by atoms with van der Waals surface area (Å²) in [6.45, 7) is 9.05. The van der Waals surface area contributed by atoms with Gasteiger partial charge in [0.25, 0.3) is 10.1 Å². The van der Waals surface area contributed by atoms with E-state index in [1.165, 1.54) is 6.26 Å². The van der Waals surface area contributed by atoms with E-state index in [-0.39, 0.29) is 5.60 Å². The second kappa shape index (κ2) is 5.01. The molecule has 0 aromatic rings. The number of hydrogen-bond donors (Lipinski definition) is 0. The van der Waals surface area contributed by atoms with Crippen LogP contribution in [0.4, 0.5) is 0 Å². The summed E-state index contributed by atoms with van der Waals surface area (Å²) in [6.07, 6.45) is 6.42. The Labute approximate surface area is 107 Å². The van der Waals surface area contributed by atoms with Gasteiger partial charge in [0.1, 0.15) is 0 Å². The molecule has 17 heavy (non-hydrogen) atoms. The molecule has 0 unspecified atom stereocenters. The molecule has 0 aliphatic heterocycles. The van der Waals surface area contributed by atoms with Crippen LogP contribution >= 0.6 is 0 Å². The van der Waals surface area contributed by atoms with E-state index in [0.29, 0.717) is 5.54 Å². The predicted molar refractivity (Wildman–Crippen MR) is 74.5 cm³/mol. The maximum Gasteiger partial charge on any atom is 0.264 e. The van der Waals surface area contributed by atoms with Gasteiger partial charge < -0.3 is 0 Å². The van der Waals surface area contributed by atoms with Crippen LogP contribution in [0.3, 0.4) is 0 Å². The van der Waals surface area contributed by atoms with Gasteiger partial charge in [0, 0.05) is 0 Å². The van der Waals surface area contributed by atoms with Gasteiger partial charge in [0.05, 0.1) is 19.9 Å². The molecule has 0 heterocycles. The SMILES string of the molecule is CCCCC[C@@]1(OS(C)(=O)=O)C[C@H]1[Si](C)(C)C. The Bertz CT molecular complexity index is 358. The summed E-state index contributed by atoms with van der Waals surface area (Å²) in [7, 11) is -4.64. The first-order valence-corrected chi connectivity index (χ1v) is 11.9. The summed E-state index contributed by atoms with van der Waals surface area (Å²) in [5, 5.41) is 0. The minimum atomic E-state index is -3.33. The lowest BCUT2D eigenvalue weighted by Gasteiger charge is -2.23. The van der Waals surface area contributed by atoms with Crippen molar-refractivity contribution < 1.29 is 12.6 Å². The summed E-state index contributed by atoms with van der Waals surface area (Å²) in [5.41, 5.74) is 0.161. The van der Waals surface area contributed by atoms with Crippen molar-refractivity contribution in [3.05, 3.63) is 0 Å². The van der Waals surface area contributed by atoms with Crippen molar-refractivity contribution in [1.82, 2.24) is 0 Å². The van der Waals surface area contributed by atoms with Gasteiger partial charge in [-0.15, -0.1) is 0 Å². The third-order valence-electron chi connectivity index (χ3n) is 3.59. The third-order valence-corrected chi connectivity index (χ3v) is 7.05. The summed E-state index contributed by atoms with van der Waals surface area (Å²) in [6, 6.07) is 0. The molecule has 1 rings (SSSR count). The van der Waals surface area contributed by atoms with Crippen molar-refractivity contribution >= 4 is 18.2 Å². The number of rotatable bonds is 7. The van der Waals surface area contributed by atoms with E-state index in [9.17, 15) is 8.42 Å². The van der Waals surface area contributed by atoms with E-state index in [0.717, 1.165) is 32.1 Å². The Morgan fingerprint density at radius 3 is 2.24 bits per heavy atom. The van der Waals surface area contributed by atoms with Crippen LogP contribution in [0.1, 0.15) is 39.0 Å². The smallest absolute Gasteiger partial charge is 0.264 e. The van der Waals surface area contributed by atoms with Crippen LogP contribution in [0.25, 0.3) is 0 Å². The van der Waals surface area contributed by atoms with E-state index in [4.69, 9.17) is 4.18 Å². The van der Waals surface area contributed by atoms with Crippen LogP contribution in [-0.4, -0.2) is 28.3 Å². The molecule has 1 saturated carbocycles. The van der Waals surface area contributed by atoms with Crippen molar-refractivity contribution in [3.8, 4) is 0 Å². The molecule has 0 aromatic heterocycles. The van der Waals surface area contributed by atoms with Crippen LogP contribution in [-0.2, 0) is 14.3 Å². The fourth-order valence-corrected chi connectivity index (χ4v) is 6.46. The summed E-state index contributed by atoms with van der Waals surface area (Å²) < 4.78 is 28.2. The molecule has 0 amide bonds. The number of hydrogen-bond acceptors (Lipinski definition) is 3. The zero-order valence-corrected chi connectivity index (χ0v) is 13.6. The van der Waals surface area contributed by atoms with Crippen LogP contribution < -0.4 is 0 Å². The molecule has 0 bridgehead atoms. The fourth-order valence-electron chi connectivity index (χ4n) is 2.77. The van der Waals surface area contributed by atoms with Gasteiger partial charge in [0.15, 0.2) is 0 Å². The lowest BCUT2D eigenvalue weighted by atomic mass is 10.1. The van der Waals surface area contributed by atoms with E-state index in [1.54, 1.807) is 0 Å². The van der Waals surface area contributed by atoms with E-state index in [1.807, 2.05) is 0 Å². The Balaban J connectivity index is 2.69. The first kappa shape index (κ1) is 15.2. The lowest BCUT2D eigenvalue weighted by molar-refractivity contribution is 0.173. The highest BCUT2D eigenvalue weighted by molar-refractivity contribution is 7.86. The average molecular weight is 278 g/mol. The van der Waals surface area contributed by atoms with Gasteiger partial charge in [-0.05, 0) is 18.4 Å². The molecule has 0 spiro atoms. The lowest BCUT2D eigenvalue weighted by Crippen LogP contribution is -2.30. The molecule has 102 valence electrons. The monoisotopic (exact) mass is 278 g/mol. The molecule has 5 heteroatoms. The quantitative estimate of drug-likeness (QED) is 0.407. The van der Waals surface area contributed by atoms with E-state index in [2.05, 4.69) is 26.6 Å². The van der Waals surface area contributed by atoms with Gasteiger partial charge in [-0.2, -0.15) is 8.42 Å². The van der Waals surface area contributed by atoms with Crippen LogP contribution in [0.5, 0.6) is 0 Å². The number of unbranched alkanes of at least 4 members (excludes halogenated alkanes) is 2. The molecular formula is C12H26O3SSi. The van der Waals surface area contributed by atoms with Crippen molar-refractivity contribution in [1.29, 1.82) is 0 Å². The largest absolute Gasteiger partial charge is 0.264 e. The van der Waals surface area contributed by atoms with Gasteiger partial charge in [0.2, 0.25) is 0 Å². The second-order valence-corrected chi connectivity index (χ2v) is 13.4. The van der Waals surface area contributed by atoms with Gasteiger partial charge in [-0.3, -0.25) is 4.18 Å². The van der Waals surface area contributed by atoms with Crippen LogP contribution in [0, 0.1) is 0 Å². The van der Waals surface area contributed by atoms with Gasteiger partial charge in [-0.25, -0.2) is 0 Å². The maximum atomic E-state index is 11.4. The Morgan fingerprint density at radius 1 is 1.29 bits per heavy atom. The highest BCUT2D eigenvalue weighted by Gasteiger charge is 2.61. The van der Waals surface area contributed by atoms with Crippen LogP contribution in [0.2, 0.25) is 25.2 Å². The Kier molecular flexibility index (Phi) is 4.48. The predicted octanol–water partition coefficient (Wildman–Crippen LogP) is 3.39. The standard InChI is InChI=1S/C12H26O3SSi/c1-6-7-8-9-12(15-16(2,13)14)10-11(12)17(3,4)5/h11H,6-10H2,1-5H3/t11-,12-/m1/s1. The molecule has 0 radical (unpaired) electrons. The normalized spacial score (nSPS) is 29.4. The van der Waals surface area contributed by atoms with Crippen LogP contribution in [0.15, 0.2) is 0 Å². The third kappa shape index (κ3) is 4.37.